The molecule has 1 heterocycles. The van der Waals surface area contributed by atoms with Gasteiger partial charge in [0.2, 0.25) is 0 Å². The van der Waals surface area contributed by atoms with Crippen LogP contribution in [0.4, 0.5) is 0 Å². The lowest BCUT2D eigenvalue weighted by Gasteiger charge is -1.99. The molecular weight excluding hydrogens is 392 g/mol. The van der Waals surface area contributed by atoms with Crippen molar-refractivity contribution in [3.8, 4) is 0 Å². The van der Waals surface area contributed by atoms with Gasteiger partial charge in [-0.25, -0.2) is 13.2 Å². The largest absolute Gasteiger partial charge is 0.442 e. The first-order valence-electron chi connectivity index (χ1n) is 7.17. The predicted molar refractivity (Wildman–Crippen MR) is 97.4 cm³/mol. The van der Waals surface area contributed by atoms with Gasteiger partial charge in [-0.15, -0.1) is 0 Å². The van der Waals surface area contributed by atoms with Gasteiger partial charge < -0.3 is 4.74 Å². The normalized spacial score (nSPS) is 17.1. The first-order chi connectivity index (χ1) is 11.3. The van der Waals surface area contributed by atoms with E-state index in [1.54, 1.807) is 30.3 Å². The maximum Gasteiger partial charge on any atom is 0.340 e. The van der Waals surface area contributed by atoms with E-state index in [1.807, 2.05) is 37.3 Å². The summed E-state index contributed by atoms with van der Waals surface area (Å²) in [6.45, 7) is 1.90. The molecule has 0 aliphatic carbocycles. The van der Waals surface area contributed by atoms with E-state index in [4.69, 9.17) is 4.74 Å². The van der Waals surface area contributed by atoms with Crippen LogP contribution in [0.15, 0.2) is 71.1 Å². The van der Waals surface area contributed by atoms with Crippen LogP contribution in [0.25, 0.3) is 5.57 Å². The van der Waals surface area contributed by atoms with Crippen molar-refractivity contribution in [1.29, 1.82) is 0 Å². The van der Waals surface area contributed by atoms with E-state index in [-0.39, 0.29) is 11.0 Å². The Labute approximate surface area is 150 Å². The molecule has 24 heavy (non-hydrogen) atoms. The van der Waals surface area contributed by atoms with Crippen molar-refractivity contribution >= 4 is 37.3 Å². The van der Waals surface area contributed by atoms with Crippen molar-refractivity contribution in [3.63, 3.8) is 0 Å². The summed E-state index contributed by atoms with van der Waals surface area (Å²) >= 11 is 3.28. The zero-order valence-electron chi connectivity index (χ0n) is 13.3. The number of esters is 1. The summed E-state index contributed by atoms with van der Waals surface area (Å²) in [4.78, 5) is 11.9. The SMILES string of the molecule is CC1=C(c2ccccc2)C(=O)OC1Br.CS(=O)(=O)c1ccccc1. The molecule has 0 radical (unpaired) electrons. The van der Waals surface area contributed by atoms with Crippen molar-refractivity contribution in [2.24, 2.45) is 0 Å². The van der Waals surface area contributed by atoms with Gasteiger partial charge >= 0.3 is 5.97 Å². The third-order valence-corrected chi connectivity index (χ3v) is 5.39. The Morgan fingerprint density at radius 1 is 0.958 bits per heavy atom. The third kappa shape index (κ3) is 4.55. The van der Waals surface area contributed by atoms with Crippen molar-refractivity contribution < 1.29 is 17.9 Å². The summed E-state index contributed by atoms with van der Waals surface area (Å²) in [5.74, 6) is -0.254. The molecule has 2 aromatic carbocycles. The fraction of sp³-hybridized carbons (Fsp3) is 0.167. The molecule has 126 valence electrons. The minimum Gasteiger partial charge on any atom is -0.442 e. The zero-order chi connectivity index (χ0) is 17.7. The quantitative estimate of drug-likeness (QED) is 0.559. The average molecular weight is 409 g/mol. The van der Waals surface area contributed by atoms with Gasteiger partial charge in [0.25, 0.3) is 0 Å². The fourth-order valence-corrected chi connectivity index (χ4v) is 3.18. The first kappa shape index (κ1) is 18.4. The number of sulfone groups is 1. The van der Waals surface area contributed by atoms with Gasteiger partial charge in [-0.2, -0.15) is 0 Å². The van der Waals surface area contributed by atoms with Crippen molar-refractivity contribution in [2.45, 2.75) is 16.8 Å². The molecule has 0 amide bonds. The molecule has 4 nitrogen and oxygen atoms in total. The minimum absolute atomic E-state index is 0.254. The molecule has 1 atom stereocenters. The lowest BCUT2D eigenvalue weighted by atomic mass is 10.0. The van der Waals surface area contributed by atoms with Crippen molar-refractivity contribution in [3.05, 3.63) is 71.8 Å². The molecule has 0 N–H and O–H groups in total. The number of halogens is 1. The van der Waals surface area contributed by atoms with Crippen LogP contribution in [0.3, 0.4) is 0 Å². The van der Waals surface area contributed by atoms with Crippen LogP contribution in [0.2, 0.25) is 0 Å². The van der Waals surface area contributed by atoms with Gasteiger partial charge in [0.1, 0.15) is 0 Å². The highest BCUT2D eigenvalue weighted by molar-refractivity contribution is 9.09. The molecule has 1 unspecified atom stereocenters. The van der Waals surface area contributed by atoms with Gasteiger partial charge in [0.15, 0.2) is 14.9 Å². The number of carbonyl (C=O) groups excluding carboxylic acids is 1. The number of hydrogen-bond donors (Lipinski definition) is 0. The fourth-order valence-electron chi connectivity index (χ4n) is 2.13. The average Bonchev–Trinajstić information content (AvgIpc) is 2.81. The topological polar surface area (TPSA) is 60.4 Å². The second-order valence-electron chi connectivity index (χ2n) is 5.23. The number of hydrogen-bond acceptors (Lipinski definition) is 4. The molecule has 0 spiro atoms. The Hall–Kier alpha value is -1.92. The first-order valence-corrected chi connectivity index (χ1v) is 9.98. The summed E-state index contributed by atoms with van der Waals surface area (Å²) in [5, 5.41) is -0.273. The van der Waals surface area contributed by atoms with Gasteiger partial charge in [-0.05, 0) is 46.1 Å². The Morgan fingerprint density at radius 3 is 1.83 bits per heavy atom. The standard InChI is InChI=1S/C11H9BrO2.C7H8O2S/c1-7-9(11(13)14-10(7)12)8-5-3-2-4-6-8;1-10(8,9)7-5-3-2-4-6-7/h2-6,10H,1H3;2-6H,1H3. The maximum absolute atomic E-state index is 11.5. The molecule has 1 aliphatic heterocycles. The number of alkyl halides is 1. The van der Waals surface area contributed by atoms with Gasteiger partial charge in [-0.1, -0.05) is 48.5 Å². The second kappa shape index (κ2) is 7.77. The number of cyclic esters (lactones) is 1. The summed E-state index contributed by atoms with van der Waals surface area (Å²) < 4.78 is 26.7. The Balaban J connectivity index is 0.000000185. The van der Waals surface area contributed by atoms with Crippen LogP contribution in [-0.2, 0) is 19.4 Å². The van der Waals surface area contributed by atoms with Crippen LogP contribution in [0, 0.1) is 0 Å². The molecular formula is C18H17BrO4S. The van der Waals surface area contributed by atoms with Gasteiger partial charge in [0, 0.05) is 6.26 Å². The van der Waals surface area contributed by atoms with Crippen LogP contribution in [0.5, 0.6) is 0 Å². The lowest BCUT2D eigenvalue weighted by molar-refractivity contribution is -0.134. The monoisotopic (exact) mass is 408 g/mol. The van der Waals surface area contributed by atoms with Crippen LogP contribution in [0.1, 0.15) is 12.5 Å². The van der Waals surface area contributed by atoms with Gasteiger partial charge in [-0.3, -0.25) is 0 Å². The lowest BCUT2D eigenvalue weighted by Crippen LogP contribution is -2.01. The summed E-state index contributed by atoms with van der Waals surface area (Å²) in [5.41, 5.74) is 2.52. The Bertz CT molecular complexity index is 843. The predicted octanol–water partition coefficient (Wildman–Crippen LogP) is 3.83. The molecule has 3 rings (SSSR count). The summed E-state index contributed by atoms with van der Waals surface area (Å²) in [7, 11) is -3.00. The highest BCUT2D eigenvalue weighted by Crippen LogP contribution is 2.32. The highest BCUT2D eigenvalue weighted by atomic mass is 79.9. The molecule has 0 saturated carbocycles. The van der Waals surface area contributed by atoms with Gasteiger partial charge in [0.05, 0.1) is 10.5 Å². The molecule has 0 bridgehead atoms. The second-order valence-corrected chi connectivity index (χ2v) is 8.08. The molecule has 1 aliphatic rings. The van der Waals surface area contributed by atoms with Crippen LogP contribution in [-0.4, -0.2) is 25.7 Å². The molecule has 0 aromatic heterocycles. The van der Waals surface area contributed by atoms with E-state index < -0.39 is 9.84 Å². The van der Waals surface area contributed by atoms with E-state index in [2.05, 4.69) is 15.9 Å². The van der Waals surface area contributed by atoms with E-state index in [0.29, 0.717) is 10.5 Å². The Kier molecular flexibility index (Phi) is 5.96. The number of ether oxygens (including phenoxy) is 1. The number of benzene rings is 2. The molecule has 0 saturated heterocycles. The van der Waals surface area contributed by atoms with Crippen molar-refractivity contribution in [1.82, 2.24) is 0 Å². The number of rotatable bonds is 2. The van der Waals surface area contributed by atoms with E-state index in [9.17, 15) is 13.2 Å². The van der Waals surface area contributed by atoms with E-state index >= 15 is 0 Å². The maximum atomic E-state index is 11.5. The number of carbonyl (C=O) groups is 1. The van der Waals surface area contributed by atoms with Crippen molar-refractivity contribution in [2.75, 3.05) is 6.26 Å². The smallest absolute Gasteiger partial charge is 0.340 e. The third-order valence-electron chi connectivity index (χ3n) is 3.38. The molecule has 6 heteroatoms. The van der Waals surface area contributed by atoms with Crippen LogP contribution >= 0.6 is 15.9 Å². The van der Waals surface area contributed by atoms with E-state index in [1.165, 1.54) is 6.26 Å². The molecule has 0 fully saturated rings. The van der Waals surface area contributed by atoms with E-state index in [0.717, 1.165) is 11.1 Å². The highest BCUT2D eigenvalue weighted by Gasteiger charge is 2.29. The Morgan fingerprint density at radius 2 is 1.46 bits per heavy atom. The summed E-state index contributed by atoms with van der Waals surface area (Å²) in [6, 6.07) is 17.9. The minimum atomic E-state index is -3.00. The molecule has 2 aromatic rings. The zero-order valence-corrected chi connectivity index (χ0v) is 15.7. The summed E-state index contributed by atoms with van der Waals surface area (Å²) in [6.07, 6.45) is 1.20. The van der Waals surface area contributed by atoms with Crippen LogP contribution < -0.4 is 0 Å².